The summed E-state index contributed by atoms with van der Waals surface area (Å²) in [4.78, 5) is 51.5. The Hall–Kier alpha value is -4.71. The zero-order valence-electron chi connectivity index (χ0n) is 25.9. The van der Waals surface area contributed by atoms with Crippen LogP contribution in [-0.2, 0) is 14.1 Å². The van der Waals surface area contributed by atoms with Gasteiger partial charge in [-0.1, -0.05) is 36.4 Å². The maximum atomic E-state index is 12.4. The van der Waals surface area contributed by atoms with Gasteiger partial charge in [0.15, 0.2) is 0 Å². The minimum absolute atomic E-state index is 0. The highest BCUT2D eigenvalue weighted by Crippen LogP contribution is 2.40. The highest BCUT2D eigenvalue weighted by molar-refractivity contribution is 7.99. The molecule has 2 aromatic heterocycles. The van der Waals surface area contributed by atoms with Crippen LogP contribution in [0.4, 0.5) is 0 Å². The van der Waals surface area contributed by atoms with Crippen LogP contribution < -0.4 is 10.6 Å². The number of carbonyl (C=O) groups excluding carboxylic acids is 4. The van der Waals surface area contributed by atoms with Crippen molar-refractivity contribution in [2.24, 2.45) is 14.1 Å². The molecule has 0 bridgehead atoms. The first-order valence-electron chi connectivity index (χ1n) is 14.5. The summed E-state index contributed by atoms with van der Waals surface area (Å²) in [5.41, 5.74) is 7.39. The molecule has 2 aliphatic heterocycles. The Morgan fingerprint density at radius 1 is 0.511 bits per heavy atom. The molecule has 4 amide bonds. The first-order valence-corrected chi connectivity index (χ1v) is 16.9. The van der Waals surface area contributed by atoms with Crippen LogP contribution in [0.25, 0.3) is 44.1 Å². The normalized spacial score (nSPS) is 13.2. The van der Waals surface area contributed by atoms with E-state index in [2.05, 4.69) is 10.6 Å². The van der Waals surface area contributed by atoms with Crippen molar-refractivity contribution in [1.82, 2.24) is 19.8 Å². The van der Waals surface area contributed by atoms with E-state index in [9.17, 15) is 19.2 Å². The van der Waals surface area contributed by atoms with Crippen LogP contribution in [0, 0.1) is 0 Å². The molecule has 11 heteroatoms. The summed E-state index contributed by atoms with van der Waals surface area (Å²) in [6, 6.07) is 23.7. The highest BCUT2D eigenvalue weighted by Gasteiger charge is 2.34. The molecule has 0 aliphatic carbocycles. The van der Waals surface area contributed by atoms with Gasteiger partial charge in [-0.3, -0.25) is 29.8 Å². The van der Waals surface area contributed by atoms with E-state index in [1.54, 1.807) is 23.5 Å². The molecule has 8 nitrogen and oxygen atoms in total. The number of carbonyl (C=O) groups is 4. The van der Waals surface area contributed by atoms with Gasteiger partial charge in [0.1, 0.15) is 0 Å². The Bertz CT molecular complexity index is 2140. The molecule has 47 heavy (non-hydrogen) atoms. The van der Waals surface area contributed by atoms with Gasteiger partial charge in [0.2, 0.25) is 0 Å². The van der Waals surface area contributed by atoms with E-state index in [0.29, 0.717) is 22.3 Å². The Kier molecular flexibility index (Phi) is 8.56. The highest BCUT2D eigenvalue weighted by atomic mass is 32.2. The molecule has 6 aromatic rings. The largest absolute Gasteiger partial charge is 0.351 e. The van der Waals surface area contributed by atoms with E-state index in [1.165, 1.54) is 0 Å². The maximum Gasteiger partial charge on any atom is 0.259 e. The number of rotatable bonds is 4. The zero-order valence-corrected chi connectivity index (χ0v) is 28.6. The van der Waals surface area contributed by atoms with E-state index < -0.39 is 0 Å². The number of imide groups is 2. The standard InChI is InChI=1S/2C18H14N2O2S.H2S/c2*1-20-8-7-11-13(20)9-12(10-5-3-4-6-14(10)23-2)16-15(11)17(21)19-18(16)22;/h2*3-9H,1-2H3,(H,19,21,22);1H2. The van der Waals surface area contributed by atoms with Gasteiger partial charge in [-0.05, 0) is 71.2 Å². The Morgan fingerprint density at radius 2 is 0.872 bits per heavy atom. The molecular weight excluding hydrogens is 649 g/mol. The second-order valence-corrected chi connectivity index (χ2v) is 12.7. The number of hydrogen-bond donors (Lipinski definition) is 2. The van der Waals surface area contributed by atoms with Crippen LogP contribution >= 0.6 is 37.0 Å². The number of aromatic nitrogens is 2. The van der Waals surface area contributed by atoms with Crippen LogP contribution in [0.2, 0.25) is 0 Å². The second-order valence-electron chi connectivity index (χ2n) is 11.0. The zero-order chi connectivity index (χ0) is 32.3. The summed E-state index contributed by atoms with van der Waals surface area (Å²) in [7, 11) is 3.88. The van der Waals surface area contributed by atoms with Crippen molar-refractivity contribution in [3.8, 4) is 22.3 Å². The van der Waals surface area contributed by atoms with Crippen molar-refractivity contribution >= 4 is 82.5 Å². The third-order valence-corrected chi connectivity index (χ3v) is 10.1. The molecule has 2 aliphatic rings. The number of nitrogens with zero attached hydrogens (tertiary/aromatic N) is 2. The molecule has 0 unspecified atom stereocenters. The van der Waals surface area contributed by atoms with Crippen molar-refractivity contribution in [3.63, 3.8) is 0 Å². The Balaban J connectivity index is 0.000000161. The van der Waals surface area contributed by atoms with Gasteiger partial charge in [0.05, 0.1) is 22.3 Å². The molecule has 236 valence electrons. The third-order valence-electron chi connectivity index (χ3n) is 8.54. The lowest BCUT2D eigenvalue weighted by Gasteiger charge is -2.12. The van der Waals surface area contributed by atoms with E-state index in [-0.39, 0.29) is 37.1 Å². The summed E-state index contributed by atoms with van der Waals surface area (Å²) >= 11 is 3.25. The van der Waals surface area contributed by atoms with Crippen LogP contribution in [0.5, 0.6) is 0 Å². The maximum absolute atomic E-state index is 12.4. The average Bonchev–Trinajstić information content (AvgIpc) is 3.80. The molecule has 4 aromatic carbocycles. The minimum Gasteiger partial charge on any atom is -0.351 e. The number of benzene rings is 4. The topological polar surface area (TPSA) is 102 Å². The van der Waals surface area contributed by atoms with E-state index >= 15 is 0 Å². The fraction of sp³-hybridized carbons (Fsp3) is 0.111. The van der Waals surface area contributed by atoms with Gasteiger partial charge in [-0.25, -0.2) is 0 Å². The summed E-state index contributed by atoms with van der Waals surface area (Å²) in [6.45, 7) is 0. The van der Waals surface area contributed by atoms with Gasteiger partial charge in [-0.15, -0.1) is 23.5 Å². The van der Waals surface area contributed by atoms with Crippen molar-refractivity contribution in [2.45, 2.75) is 9.79 Å². The van der Waals surface area contributed by atoms with E-state index in [1.807, 2.05) is 121 Å². The minimum atomic E-state index is -0.318. The smallest absolute Gasteiger partial charge is 0.259 e. The van der Waals surface area contributed by atoms with Crippen molar-refractivity contribution < 1.29 is 19.2 Å². The fourth-order valence-electron chi connectivity index (χ4n) is 6.38. The summed E-state index contributed by atoms with van der Waals surface area (Å²) in [5.74, 6) is -1.27. The molecule has 0 saturated carbocycles. The van der Waals surface area contributed by atoms with Crippen molar-refractivity contribution in [1.29, 1.82) is 0 Å². The predicted octanol–water partition coefficient (Wildman–Crippen LogP) is 7.01. The van der Waals surface area contributed by atoms with E-state index in [0.717, 1.165) is 53.9 Å². The predicted molar refractivity (Wildman–Crippen MR) is 194 cm³/mol. The van der Waals surface area contributed by atoms with Gasteiger partial charge in [0, 0.05) is 58.1 Å². The summed E-state index contributed by atoms with van der Waals surface area (Å²) < 4.78 is 3.94. The van der Waals surface area contributed by atoms with Crippen LogP contribution in [0.3, 0.4) is 0 Å². The lowest BCUT2D eigenvalue weighted by Crippen LogP contribution is -2.20. The lowest BCUT2D eigenvalue weighted by atomic mass is 9.94. The number of aryl methyl sites for hydroxylation is 2. The van der Waals surface area contributed by atoms with Crippen LogP contribution in [0.1, 0.15) is 41.4 Å². The van der Waals surface area contributed by atoms with E-state index in [4.69, 9.17) is 0 Å². The quantitative estimate of drug-likeness (QED) is 0.154. The monoisotopic (exact) mass is 678 g/mol. The number of amides is 4. The van der Waals surface area contributed by atoms with Crippen LogP contribution in [-0.4, -0.2) is 45.3 Å². The number of hydrogen-bond acceptors (Lipinski definition) is 6. The fourth-order valence-corrected chi connectivity index (χ4v) is 7.61. The average molecular weight is 679 g/mol. The van der Waals surface area contributed by atoms with Gasteiger partial charge >= 0.3 is 0 Å². The van der Waals surface area contributed by atoms with Gasteiger partial charge < -0.3 is 9.13 Å². The number of thioether (sulfide) groups is 2. The molecule has 0 fully saturated rings. The lowest BCUT2D eigenvalue weighted by molar-refractivity contribution is 0.0863. The van der Waals surface area contributed by atoms with Gasteiger partial charge in [-0.2, -0.15) is 13.5 Å². The van der Waals surface area contributed by atoms with Crippen molar-refractivity contribution in [2.75, 3.05) is 12.5 Å². The Labute approximate surface area is 286 Å². The first-order chi connectivity index (χ1) is 22.2. The van der Waals surface area contributed by atoms with Crippen molar-refractivity contribution in [3.05, 3.63) is 107 Å². The molecule has 0 spiro atoms. The third kappa shape index (κ3) is 5.15. The first kappa shape index (κ1) is 32.2. The SMILES string of the molecule is CSc1ccccc1-c1cc2c(ccn2C)c2c1C(=O)NC2=O.CSc1ccccc1-c1cc2c(ccn2C)c2c1C(=O)NC2=O.S. The number of fused-ring (bicyclic) bond motifs is 6. The molecule has 8 rings (SSSR count). The molecule has 2 N–H and O–H groups in total. The summed E-state index contributed by atoms with van der Waals surface area (Å²) in [6.07, 6.45) is 7.83. The second kappa shape index (κ2) is 12.5. The van der Waals surface area contributed by atoms with Gasteiger partial charge in [0.25, 0.3) is 23.6 Å². The molecule has 0 saturated heterocycles. The number of nitrogens with one attached hydrogen (secondary N) is 2. The molecule has 0 radical (unpaired) electrons. The summed E-state index contributed by atoms with van der Waals surface area (Å²) in [5, 5.41) is 6.51. The Morgan fingerprint density at radius 3 is 1.26 bits per heavy atom. The molecular formula is C36H30N4O4S3. The molecule has 4 heterocycles. The molecule has 0 atom stereocenters. The van der Waals surface area contributed by atoms with Crippen LogP contribution in [0.15, 0.2) is 95.0 Å².